The summed E-state index contributed by atoms with van der Waals surface area (Å²) in [6, 6.07) is 57.8. The lowest BCUT2D eigenvalue weighted by molar-refractivity contribution is 1.18. The molecule has 0 fully saturated rings. The molecule has 5 heteroatoms. The van der Waals surface area contributed by atoms with Gasteiger partial charge in [0.15, 0.2) is 0 Å². The van der Waals surface area contributed by atoms with E-state index in [1.807, 2.05) is 91.0 Å². The fraction of sp³-hybridized carbons (Fsp3) is 0. The van der Waals surface area contributed by atoms with Crippen LogP contribution in [0.1, 0.15) is 16.7 Å². The standard InChI is InChI=1S/C45H25N5/c46-26-29-20-22-43-39(23-29)36-14-3-4-16-40(36)49(43)33-11-7-9-31(25-33)45-32(28-48)10-8-15-38(45)35-13-2-6-18-42(35)50-41-17-5-1-12-34(41)37-21-19-30(27-47)24-44(37)50/h1-25H. The molecule has 0 aliphatic heterocycles. The van der Waals surface area contributed by atoms with Gasteiger partial charge in [0.2, 0.25) is 0 Å². The minimum atomic E-state index is 0.573. The predicted molar refractivity (Wildman–Crippen MR) is 200 cm³/mol. The van der Waals surface area contributed by atoms with Gasteiger partial charge in [-0.05, 0) is 77.9 Å². The first-order valence-electron chi connectivity index (χ1n) is 16.3. The number of hydrogen-bond donors (Lipinski definition) is 0. The lowest BCUT2D eigenvalue weighted by Gasteiger charge is -2.18. The molecular weight excluding hydrogens is 611 g/mol. The topological polar surface area (TPSA) is 81.2 Å². The van der Waals surface area contributed by atoms with E-state index in [-0.39, 0.29) is 0 Å². The largest absolute Gasteiger partial charge is 0.309 e. The molecule has 230 valence electrons. The SMILES string of the molecule is N#Cc1ccc2c(c1)c1ccccc1n2-c1cccc(-c2c(C#N)cccc2-c2ccccc2-n2c3ccccc3c3ccc(C#N)cc32)c1. The van der Waals surface area contributed by atoms with Crippen molar-refractivity contribution in [1.29, 1.82) is 15.8 Å². The summed E-state index contributed by atoms with van der Waals surface area (Å²) in [5, 5.41) is 34.2. The maximum absolute atomic E-state index is 10.5. The molecule has 2 aromatic heterocycles. The first-order chi connectivity index (χ1) is 24.7. The van der Waals surface area contributed by atoms with Gasteiger partial charge in [0, 0.05) is 38.4 Å². The van der Waals surface area contributed by atoms with Crippen LogP contribution in [0.4, 0.5) is 0 Å². The highest BCUT2D eigenvalue weighted by atomic mass is 15.0. The Morgan fingerprint density at radius 3 is 1.82 bits per heavy atom. The molecule has 9 aromatic rings. The van der Waals surface area contributed by atoms with Gasteiger partial charge in [0.1, 0.15) is 0 Å². The third kappa shape index (κ3) is 4.31. The Kier molecular flexibility index (Phi) is 6.56. The van der Waals surface area contributed by atoms with Crippen LogP contribution in [0.25, 0.3) is 77.2 Å². The average Bonchev–Trinajstić information content (AvgIpc) is 3.69. The highest BCUT2D eigenvalue weighted by Gasteiger charge is 2.20. The number of nitriles is 3. The number of hydrogen-bond acceptors (Lipinski definition) is 3. The monoisotopic (exact) mass is 635 g/mol. The Morgan fingerprint density at radius 2 is 1.02 bits per heavy atom. The van der Waals surface area contributed by atoms with E-state index >= 15 is 0 Å². The molecule has 9 rings (SSSR count). The zero-order chi connectivity index (χ0) is 33.8. The van der Waals surface area contributed by atoms with Gasteiger partial charge in [-0.1, -0.05) is 84.9 Å². The first-order valence-corrected chi connectivity index (χ1v) is 16.3. The van der Waals surface area contributed by atoms with Crippen molar-refractivity contribution < 1.29 is 0 Å². The van der Waals surface area contributed by atoms with Gasteiger partial charge in [-0.3, -0.25) is 0 Å². The van der Waals surface area contributed by atoms with Gasteiger partial charge < -0.3 is 9.13 Å². The quantitative estimate of drug-likeness (QED) is 0.193. The molecule has 2 heterocycles. The van der Waals surface area contributed by atoms with Crippen molar-refractivity contribution in [3.8, 4) is 51.8 Å². The number of aromatic nitrogens is 2. The Balaban J connectivity index is 1.30. The third-order valence-electron chi connectivity index (χ3n) is 9.62. The molecule has 0 radical (unpaired) electrons. The zero-order valence-corrected chi connectivity index (χ0v) is 26.7. The van der Waals surface area contributed by atoms with E-state index in [4.69, 9.17) is 0 Å². The van der Waals surface area contributed by atoms with Crippen LogP contribution in [0.2, 0.25) is 0 Å². The predicted octanol–water partition coefficient (Wildman–Crippen LogP) is 10.8. The van der Waals surface area contributed by atoms with E-state index in [0.29, 0.717) is 16.7 Å². The Bertz CT molecular complexity index is 2970. The number of nitrogens with zero attached hydrogens (tertiary/aromatic N) is 5. The summed E-state index contributed by atoms with van der Waals surface area (Å²) >= 11 is 0. The molecule has 0 amide bonds. The Labute approximate surface area is 287 Å². The second kappa shape index (κ2) is 11.4. The maximum atomic E-state index is 10.5. The van der Waals surface area contributed by atoms with Crippen LogP contribution in [0, 0.1) is 34.0 Å². The van der Waals surface area contributed by atoms with E-state index < -0.39 is 0 Å². The normalized spacial score (nSPS) is 11.1. The van der Waals surface area contributed by atoms with Crippen molar-refractivity contribution in [1.82, 2.24) is 9.13 Å². The number of benzene rings is 7. The summed E-state index contributed by atoms with van der Waals surface area (Å²) in [6.07, 6.45) is 0. The van der Waals surface area contributed by atoms with Crippen molar-refractivity contribution in [2.75, 3.05) is 0 Å². The summed E-state index contributed by atoms with van der Waals surface area (Å²) < 4.78 is 4.45. The van der Waals surface area contributed by atoms with Crippen molar-refractivity contribution in [3.05, 3.63) is 168 Å². The second-order valence-electron chi connectivity index (χ2n) is 12.3. The number of rotatable bonds is 4. The summed E-state index contributed by atoms with van der Waals surface area (Å²) in [6.45, 7) is 0. The third-order valence-corrected chi connectivity index (χ3v) is 9.62. The highest BCUT2D eigenvalue weighted by Crippen LogP contribution is 2.42. The molecule has 0 aliphatic carbocycles. The van der Waals surface area contributed by atoms with Gasteiger partial charge in [-0.15, -0.1) is 0 Å². The molecule has 5 nitrogen and oxygen atoms in total. The van der Waals surface area contributed by atoms with Gasteiger partial charge in [-0.2, -0.15) is 15.8 Å². The Hall–Kier alpha value is -7.39. The van der Waals surface area contributed by atoms with Gasteiger partial charge >= 0.3 is 0 Å². The van der Waals surface area contributed by atoms with Crippen molar-refractivity contribution in [3.63, 3.8) is 0 Å². The summed E-state index contributed by atoms with van der Waals surface area (Å²) in [4.78, 5) is 0. The number of para-hydroxylation sites is 3. The van der Waals surface area contributed by atoms with Crippen LogP contribution in [0.3, 0.4) is 0 Å². The lowest BCUT2D eigenvalue weighted by atomic mass is 9.89. The van der Waals surface area contributed by atoms with Crippen LogP contribution in [-0.2, 0) is 0 Å². The van der Waals surface area contributed by atoms with E-state index in [2.05, 4.69) is 88.0 Å². The van der Waals surface area contributed by atoms with Crippen LogP contribution in [0.5, 0.6) is 0 Å². The first kappa shape index (κ1) is 28.8. The molecule has 0 spiro atoms. The van der Waals surface area contributed by atoms with E-state index in [1.165, 1.54) is 0 Å². The van der Waals surface area contributed by atoms with Crippen LogP contribution in [-0.4, -0.2) is 9.13 Å². The summed E-state index contributed by atoms with van der Waals surface area (Å²) in [5.41, 5.74) is 11.4. The molecular formula is C45H25N5. The molecule has 0 saturated heterocycles. The van der Waals surface area contributed by atoms with Crippen LogP contribution < -0.4 is 0 Å². The van der Waals surface area contributed by atoms with Crippen LogP contribution in [0.15, 0.2) is 152 Å². The second-order valence-corrected chi connectivity index (χ2v) is 12.3. The molecule has 0 saturated carbocycles. The Morgan fingerprint density at radius 1 is 0.400 bits per heavy atom. The molecule has 50 heavy (non-hydrogen) atoms. The zero-order valence-electron chi connectivity index (χ0n) is 26.7. The lowest BCUT2D eigenvalue weighted by Crippen LogP contribution is -2.00. The molecule has 7 aromatic carbocycles. The molecule has 0 unspecified atom stereocenters. The minimum Gasteiger partial charge on any atom is -0.309 e. The molecule has 0 bridgehead atoms. The van der Waals surface area contributed by atoms with Crippen molar-refractivity contribution in [2.24, 2.45) is 0 Å². The molecule has 0 atom stereocenters. The van der Waals surface area contributed by atoms with Crippen molar-refractivity contribution >= 4 is 43.6 Å². The highest BCUT2D eigenvalue weighted by molar-refractivity contribution is 6.11. The fourth-order valence-electron chi connectivity index (χ4n) is 7.50. The van der Waals surface area contributed by atoms with Gasteiger partial charge in [0.05, 0.1) is 62.7 Å². The summed E-state index contributed by atoms with van der Waals surface area (Å²) in [7, 11) is 0. The fourth-order valence-corrected chi connectivity index (χ4v) is 7.50. The molecule has 0 aliphatic rings. The average molecular weight is 636 g/mol. The van der Waals surface area contributed by atoms with Crippen molar-refractivity contribution in [2.45, 2.75) is 0 Å². The van der Waals surface area contributed by atoms with Crippen LogP contribution >= 0.6 is 0 Å². The van der Waals surface area contributed by atoms with Gasteiger partial charge in [-0.25, -0.2) is 0 Å². The van der Waals surface area contributed by atoms with Gasteiger partial charge in [0.25, 0.3) is 0 Å². The number of fused-ring (bicyclic) bond motifs is 6. The minimum absolute atomic E-state index is 0.573. The van der Waals surface area contributed by atoms with E-state index in [1.54, 1.807) is 0 Å². The molecule has 0 N–H and O–H groups in total. The maximum Gasteiger partial charge on any atom is 0.0998 e. The van der Waals surface area contributed by atoms with E-state index in [9.17, 15) is 15.8 Å². The smallest absolute Gasteiger partial charge is 0.0998 e. The summed E-state index contributed by atoms with van der Waals surface area (Å²) in [5.74, 6) is 0. The van der Waals surface area contributed by atoms with E-state index in [0.717, 1.165) is 77.2 Å².